The van der Waals surface area contributed by atoms with E-state index >= 15 is 0 Å². The Labute approximate surface area is 111 Å². The smallest absolute Gasteiger partial charge is 0.0640 e. The highest BCUT2D eigenvalue weighted by Gasteiger charge is 2.09. The highest BCUT2D eigenvalue weighted by atomic mass is 79.9. The third-order valence-electron chi connectivity index (χ3n) is 2.71. The van der Waals surface area contributed by atoms with Crippen molar-refractivity contribution >= 4 is 21.6 Å². The summed E-state index contributed by atoms with van der Waals surface area (Å²) >= 11 is 3.57. The molecule has 0 saturated carbocycles. The maximum absolute atomic E-state index is 8.64. The maximum atomic E-state index is 8.64. The molecule has 2 N–H and O–H groups in total. The SMILES string of the molecule is CCN(CCC#N)c1ccc([C@@H](C)N)cc1Br. The van der Waals surface area contributed by atoms with Crippen molar-refractivity contribution in [1.82, 2.24) is 0 Å². The van der Waals surface area contributed by atoms with Crippen molar-refractivity contribution in [3.8, 4) is 6.07 Å². The number of nitrogens with zero attached hydrogens (tertiary/aromatic N) is 2. The van der Waals surface area contributed by atoms with Gasteiger partial charge in [0, 0.05) is 23.6 Å². The summed E-state index contributed by atoms with van der Waals surface area (Å²) in [7, 11) is 0. The minimum atomic E-state index is 0.0366. The molecule has 1 aromatic rings. The van der Waals surface area contributed by atoms with Gasteiger partial charge in [0.2, 0.25) is 0 Å². The lowest BCUT2D eigenvalue weighted by Crippen LogP contribution is -2.24. The molecule has 17 heavy (non-hydrogen) atoms. The van der Waals surface area contributed by atoms with Gasteiger partial charge < -0.3 is 10.6 Å². The Morgan fingerprint density at radius 2 is 2.24 bits per heavy atom. The van der Waals surface area contributed by atoms with Crippen LogP contribution in [0.2, 0.25) is 0 Å². The molecule has 0 aliphatic heterocycles. The second kappa shape index (κ2) is 6.63. The Morgan fingerprint density at radius 1 is 1.53 bits per heavy atom. The van der Waals surface area contributed by atoms with E-state index in [1.165, 1.54) is 0 Å². The van der Waals surface area contributed by atoms with Crippen molar-refractivity contribution in [2.45, 2.75) is 26.3 Å². The average Bonchev–Trinajstić information content (AvgIpc) is 2.31. The van der Waals surface area contributed by atoms with Crippen LogP contribution in [0.5, 0.6) is 0 Å². The molecule has 0 unspecified atom stereocenters. The van der Waals surface area contributed by atoms with E-state index in [9.17, 15) is 0 Å². The molecule has 0 bridgehead atoms. The molecule has 3 nitrogen and oxygen atoms in total. The molecule has 0 fully saturated rings. The van der Waals surface area contributed by atoms with Crippen molar-refractivity contribution in [2.24, 2.45) is 5.73 Å². The van der Waals surface area contributed by atoms with Gasteiger partial charge in [-0.05, 0) is 47.5 Å². The van der Waals surface area contributed by atoms with Gasteiger partial charge in [-0.1, -0.05) is 6.07 Å². The van der Waals surface area contributed by atoms with Crippen LogP contribution in [0.3, 0.4) is 0 Å². The minimum absolute atomic E-state index is 0.0366. The van der Waals surface area contributed by atoms with E-state index < -0.39 is 0 Å². The lowest BCUT2D eigenvalue weighted by molar-refractivity contribution is 0.807. The maximum Gasteiger partial charge on any atom is 0.0640 e. The van der Waals surface area contributed by atoms with Crippen molar-refractivity contribution in [3.63, 3.8) is 0 Å². The van der Waals surface area contributed by atoms with Crippen molar-refractivity contribution in [3.05, 3.63) is 28.2 Å². The number of nitriles is 1. The lowest BCUT2D eigenvalue weighted by atomic mass is 10.1. The van der Waals surface area contributed by atoms with Gasteiger partial charge in [0.15, 0.2) is 0 Å². The molecule has 4 heteroatoms. The molecular weight excluding hydrogens is 278 g/mol. The normalized spacial score (nSPS) is 11.9. The quantitative estimate of drug-likeness (QED) is 0.907. The van der Waals surface area contributed by atoms with Gasteiger partial charge in [0.1, 0.15) is 0 Å². The number of halogens is 1. The number of anilines is 1. The summed E-state index contributed by atoms with van der Waals surface area (Å²) in [5, 5.41) is 8.64. The van der Waals surface area contributed by atoms with Crippen LogP contribution in [-0.2, 0) is 0 Å². The molecule has 0 amide bonds. The van der Waals surface area contributed by atoms with Crippen LogP contribution in [0.15, 0.2) is 22.7 Å². The summed E-state index contributed by atoms with van der Waals surface area (Å²) < 4.78 is 1.03. The van der Waals surface area contributed by atoms with Crippen molar-refractivity contribution in [2.75, 3.05) is 18.0 Å². The van der Waals surface area contributed by atoms with E-state index in [1.807, 2.05) is 13.0 Å². The fourth-order valence-electron chi connectivity index (χ4n) is 1.70. The minimum Gasteiger partial charge on any atom is -0.370 e. The summed E-state index contributed by atoms with van der Waals surface area (Å²) in [6, 6.07) is 8.36. The highest BCUT2D eigenvalue weighted by Crippen LogP contribution is 2.29. The lowest BCUT2D eigenvalue weighted by Gasteiger charge is -2.24. The summed E-state index contributed by atoms with van der Waals surface area (Å²) in [6.07, 6.45) is 0.537. The molecule has 1 rings (SSSR count). The third-order valence-corrected chi connectivity index (χ3v) is 3.35. The van der Waals surface area contributed by atoms with E-state index in [2.05, 4.69) is 46.0 Å². The highest BCUT2D eigenvalue weighted by molar-refractivity contribution is 9.10. The summed E-state index contributed by atoms with van der Waals surface area (Å²) in [4.78, 5) is 2.18. The Balaban J connectivity index is 2.93. The molecule has 0 aromatic heterocycles. The first-order chi connectivity index (χ1) is 8.10. The molecule has 0 heterocycles. The summed E-state index contributed by atoms with van der Waals surface area (Å²) in [5.74, 6) is 0. The van der Waals surface area contributed by atoms with E-state index in [0.717, 1.165) is 28.8 Å². The van der Waals surface area contributed by atoms with Gasteiger partial charge in [-0.3, -0.25) is 0 Å². The number of nitrogens with two attached hydrogens (primary N) is 1. The van der Waals surface area contributed by atoms with Crippen LogP contribution in [0.4, 0.5) is 5.69 Å². The monoisotopic (exact) mass is 295 g/mol. The Hall–Kier alpha value is -1.05. The van der Waals surface area contributed by atoms with E-state index in [-0.39, 0.29) is 6.04 Å². The zero-order chi connectivity index (χ0) is 12.8. The molecule has 0 radical (unpaired) electrons. The van der Waals surface area contributed by atoms with E-state index in [1.54, 1.807) is 0 Å². The standard InChI is InChI=1S/C13H18BrN3/c1-3-17(8-4-7-15)13-6-5-11(10(2)16)9-12(13)14/h5-6,9-10H,3-4,8,16H2,1-2H3/t10-/m1/s1. The summed E-state index contributed by atoms with van der Waals surface area (Å²) in [6.45, 7) is 5.69. The van der Waals surface area contributed by atoms with E-state index in [4.69, 9.17) is 11.0 Å². The fraction of sp³-hybridized carbons (Fsp3) is 0.462. The first-order valence-corrected chi connectivity index (χ1v) is 6.56. The fourth-order valence-corrected chi connectivity index (χ4v) is 2.34. The Bertz CT molecular complexity index is 410. The molecule has 1 aromatic carbocycles. The number of hydrogen-bond donors (Lipinski definition) is 1. The van der Waals surface area contributed by atoms with Crippen LogP contribution in [-0.4, -0.2) is 13.1 Å². The van der Waals surface area contributed by atoms with Crippen molar-refractivity contribution < 1.29 is 0 Å². The second-order valence-electron chi connectivity index (χ2n) is 3.99. The number of benzene rings is 1. The van der Waals surface area contributed by atoms with Gasteiger partial charge in [0.05, 0.1) is 18.2 Å². The van der Waals surface area contributed by atoms with Crippen molar-refractivity contribution in [1.29, 1.82) is 5.26 Å². The van der Waals surface area contributed by atoms with Gasteiger partial charge in [-0.2, -0.15) is 5.26 Å². The van der Waals surface area contributed by atoms with Gasteiger partial charge in [-0.25, -0.2) is 0 Å². The number of rotatable bonds is 5. The van der Waals surface area contributed by atoms with Gasteiger partial charge >= 0.3 is 0 Å². The van der Waals surface area contributed by atoms with E-state index in [0.29, 0.717) is 6.42 Å². The molecular formula is C13H18BrN3. The first-order valence-electron chi connectivity index (χ1n) is 5.77. The average molecular weight is 296 g/mol. The zero-order valence-electron chi connectivity index (χ0n) is 10.3. The molecule has 0 spiro atoms. The van der Waals surface area contributed by atoms with Crippen LogP contribution < -0.4 is 10.6 Å². The Morgan fingerprint density at radius 3 is 2.71 bits per heavy atom. The van der Waals surface area contributed by atoms with Gasteiger partial charge in [-0.15, -0.1) is 0 Å². The van der Waals surface area contributed by atoms with Crippen LogP contribution in [0.1, 0.15) is 31.9 Å². The molecule has 1 atom stereocenters. The van der Waals surface area contributed by atoms with Crippen LogP contribution in [0, 0.1) is 11.3 Å². The second-order valence-corrected chi connectivity index (χ2v) is 4.84. The first kappa shape index (κ1) is 14.0. The van der Waals surface area contributed by atoms with Crippen LogP contribution in [0.25, 0.3) is 0 Å². The topological polar surface area (TPSA) is 53.0 Å². The number of hydrogen-bond acceptors (Lipinski definition) is 3. The summed E-state index contributed by atoms with van der Waals surface area (Å²) in [5.41, 5.74) is 8.07. The predicted octanol–water partition coefficient (Wildman–Crippen LogP) is 3.21. The molecule has 0 saturated heterocycles. The van der Waals surface area contributed by atoms with Crippen LogP contribution >= 0.6 is 15.9 Å². The largest absolute Gasteiger partial charge is 0.370 e. The molecule has 92 valence electrons. The molecule has 0 aliphatic rings. The Kier molecular flexibility index (Phi) is 5.46. The predicted molar refractivity (Wildman–Crippen MR) is 74.9 cm³/mol. The van der Waals surface area contributed by atoms with Gasteiger partial charge in [0.25, 0.3) is 0 Å². The third kappa shape index (κ3) is 3.72. The zero-order valence-corrected chi connectivity index (χ0v) is 11.9. The molecule has 0 aliphatic carbocycles.